The molecule has 0 radical (unpaired) electrons. The van der Waals surface area contributed by atoms with Gasteiger partial charge in [-0.25, -0.2) is 0 Å². The molecule has 0 aliphatic carbocycles. The third-order valence-corrected chi connectivity index (χ3v) is 4.41. The van der Waals surface area contributed by atoms with Crippen molar-refractivity contribution in [2.45, 2.75) is 65.7 Å². The van der Waals surface area contributed by atoms with Gasteiger partial charge < -0.3 is 15.5 Å². The molecule has 5 nitrogen and oxygen atoms in total. The van der Waals surface area contributed by atoms with Crippen LogP contribution in [0.1, 0.15) is 76.1 Å². The average Bonchev–Trinajstić information content (AvgIpc) is 2.67. The highest BCUT2D eigenvalue weighted by atomic mass is 16.2. The van der Waals surface area contributed by atoms with E-state index in [4.69, 9.17) is 0 Å². The van der Waals surface area contributed by atoms with Gasteiger partial charge in [0.25, 0.3) is 5.91 Å². The summed E-state index contributed by atoms with van der Waals surface area (Å²) in [6.45, 7) is 9.02. The van der Waals surface area contributed by atoms with Crippen molar-refractivity contribution in [1.82, 2.24) is 10.2 Å². The molecule has 1 rings (SSSR count). The SMILES string of the molecule is CCCCCCCNCC(=O)Nc1cccc(C(=O)N(CCC)CCC)c1. The number of hydrogen-bond donors (Lipinski definition) is 2. The van der Waals surface area contributed by atoms with Gasteiger partial charge in [0, 0.05) is 24.3 Å². The van der Waals surface area contributed by atoms with Gasteiger partial charge in [-0.15, -0.1) is 0 Å². The van der Waals surface area contributed by atoms with Crippen LogP contribution in [0.3, 0.4) is 0 Å². The number of unbranched alkanes of at least 4 members (excludes halogenated alkanes) is 4. The molecule has 1 aromatic carbocycles. The van der Waals surface area contributed by atoms with Gasteiger partial charge in [0.1, 0.15) is 0 Å². The Hall–Kier alpha value is -1.88. The molecule has 0 fully saturated rings. The van der Waals surface area contributed by atoms with Crippen LogP contribution in [-0.2, 0) is 4.79 Å². The summed E-state index contributed by atoms with van der Waals surface area (Å²) in [5.41, 5.74) is 1.29. The molecule has 0 aliphatic heterocycles. The number of rotatable bonds is 14. The number of carbonyl (C=O) groups is 2. The lowest BCUT2D eigenvalue weighted by Gasteiger charge is -2.21. The van der Waals surface area contributed by atoms with Crippen LogP contribution in [0.25, 0.3) is 0 Å². The van der Waals surface area contributed by atoms with Crippen molar-refractivity contribution < 1.29 is 9.59 Å². The van der Waals surface area contributed by atoms with Crippen LogP contribution in [0.4, 0.5) is 5.69 Å². The van der Waals surface area contributed by atoms with Crippen LogP contribution < -0.4 is 10.6 Å². The summed E-state index contributed by atoms with van der Waals surface area (Å²) in [5, 5.41) is 6.06. The standard InChI is InChI=1S/C22H37N3O2/c1-4-7-8-9-10-14-23-18-21(26)24-20-13-11-12-19(17-20)22(27)25(15-5-2)16-6-3/h11-13,17,23H,4-10,14-16,18H2,1-3H3,(H,24,26). The summed E-state index contributed by atoms with van der Waals surface area (Å²) in [5.74, 6) is -0.0490. The maximum atomic E-state index is 12.7. The number of nitrogens with zero attached hydrogens (tertiary/aromatic N) is 1. The predicted molar refractivity (Wildman–Crippen MR) is 113 cm³/mol. The zero-order valence-electron chi connectivity index (χ0n) is 17.4. The molecule has 0 spiro atoms. The molecule has 27 heavy (non-hydrogen) atoms. The second-order valence-corrected chi connectivity index (χ2v) is 7.01. The molecule has 0 aliphatic rings. The Morgan fingerprint density at radius 3 is 2.30 bits per heavy atom. The Labute approximate surface area is 164 Å². The number of benzene rings is 1. The fraction of sp³-hybridized carbons (Fsp3) is 0.636. The monoisotopic (exact) mass is 375 g/mol. The van der Waals surface area contributed by atoms with Crippen molar-refractivity contribution >= 4 is 17.5 Å². The van der Waals surface area contributed by atoms with Crippen LogP contribution in [-0.4, -0.2) is 42.9 Å². The molecule has 0 saturated heterocycles. The van der Waals surface area contributed by atoms with Crippen LogP contribution in [0.15, 0.2) is 24.3 Å². The minimum absolute atomic E-state index is 0.0278. The molecule has 2 amide bonds. The molecular weight excluding hydrogens is 338 g/mol. The molecule has 0 unspecified atom stereocenters. The molecule has 0 heterocycles. The van der Waals surface area contributed by atoms with Gasteiger partial charge in [-0.3, -0.25) is 9.59 Å². The van der Waals surface area contributed by atoms with Crippen LogP contribution in [0, 0.1) is 0 Å². The molecule has 0 aromatic heterocycles. The molecule has 0 atom stereocenters. The summed E-state index contributed by atoms with van der Waals surface area (Å²) >= 11 is 0. The van der Waals surface area contributed by atoms with Crippen LogP contribution in [0.2, 0.25) is 0 Å². The first-order valence-electron chi connectivity index (χ1n) is 10.5. The second kappa shape index (κ2) is 14.2. The van der Waals surface area contributed by atoms with Gasteiger partial charge in [0.2, 0.25) is 5.91 Å². The van der Waals surface area contributed by atoms with E-state index in [9.17, 15) is 9.59 Å². The maximum absolute atomic E-state index is 12.7. The minimum atomic E-state index is -0.0767. The van der Waals surface area contributed by atoms with E-state index in [0.717, 1.165) is 38.9 Å². The van der Waals surface area contributed by atoms with E-state index >= 15 is 0 Å². The van der Waals surface area contributed by atoms with Crippen molar-refractivity contribution in [1.29, 1.82) is 0 Å². The summed E-state index contributed by atoms with van der Waals surface area (Å²) in [6, 6.07) is 7.22. The van der Waals surface area contributed by atoms with E-state index in [1.165, 1.54) is 25.7 Å². The summed E-state index contributed by atoms with van der Waals surface area (Å²) in [4.78, 5) is 26.7. The third-order valence-electron chi connectivity index (χ3n) is 4.41. The Bertz CT molecular complexity index is 554. The summed E-state index contributed by atoms with van der Waals surface area (Å²) < 4.78 is 0. The predicted octanol–water partition coefficient (Wildman–Crippen LogP) is 4.45. The lowest BCUT2D eigenvalue weighted by atomic mass is 10.1. The van der Waals surface area contributed by atoms with Crippen LogP contribution >= 0.6 is 0 Å². The normalized spacial score (nSPS) is 10.6. The highest BCUT2D eigenvalue weighted by Gasteiger charge is 2.14. The largest absolute Gasteiger partial charge is 0.339 e. The minimum Gasteiger partial charge on any atom is -0.339 e. The molecule has 5 heteroatoms. The van der Waals surface area contributed by atoms with Gasteiger partial charge in [-0.05, 0) is 44.0 Å². The number of amides is 2. The maximum Gasteiger partial charge on any atom is 0.253 e. The van der Waals surface area contributed by atoms with E-state index in [2.05, 4.69) is 31.4 Å². The fourth-order valence-electron chi connectivity index (χ4n) is 3.03. The average molecular weight is 376 g/mol. The van der Waals surface area contributed by atoms with E-state index in [1.807, 2.05) is 23.1 Å². The molecule has 0 saturated carbocycles. The lowest BCUT2D eigenvalue weighted by molar-refractivity contribution is -0.115. The first kappa shape index (κ1) is 23.2. The van der Waals surface area contributed by atoms with Crippen molar-refractivity contribution in [3.63, 3.8) is 0 Å². The highest BCUT2D eigenvalue weighted by Crippen LogP contribution is 2.13. The van der Waals surface area contributed by atoms with Gasteiger partial charge in [0.15, 0.2) is 0 Å². The number of carbonyl (C=O) groups excluding carboxylic acids is 2. The van der Waals surface area contributed by atoms with E-state index in [0.29, 0.717) is 17.8 Å². The fourth-order valence-corrected chi connectivity index (χ4v) is 3.03. The molecule has 2 N–H and O–H groups in total. The van der Waals surface area contributed by atoms with Crippen molar-refractivity contribution in [3.05, 3.63) is 29.8 Å². The molecule has 152 valence electrons. The summed E-state index contributed by atoms with van der Waals surface area (Å²) in [7, 11) is 0. The zero-order chi connectivity index (χ0) is 19.9. The van der Waals surface area contributed by atoms with Gasteiger partial charge >= 0.3 is 0 Å². The van der Waals surface area contributed by atoms with Gasteiger partial charge in [-0.2, -0.15) is 0 Å². The first-order valence-corrected chi connectivity index (χ1v) is 10.5. The number of nitrogens with one attached hydrogen (secondary N) is 2. The van der Waals surface area contributed by atoms with Gasteiger partial charge in [0.05, 0.1) is 6.54 Å². The Morgan fingerprint density at radius 2 is 1.63 bits per heavy atom. The third kappa shape index (κ3) is 9.57. The van der Waals surface area contributed by atoms with Crippen molar-refractivity contribution in [3.8, 4) is 0 Å². The van der Waals surface area contributed by atoms with E-state index in [1.54, 1.807) is 6.07 Å². The van der Waals surface area contributed by atoms with Crippen molar-refractivity contribution in [2.75, 3.05) is 31.5 Å². The van der Waals surface area contributed by atoms with E-state index in [-0.39, 0.29) is 11.8 Å². The summed E-state index contributed by atoms with van der Waals surface area (Å²) in [6.07, 6.45) is 7.97. The zero-order valence-corrected chi connectivity index (χ0v) is 17.4. The Balaban J connectivity index is 2.46. The number of anilines is 1. The van der Waals surface area contributed by atoms with Crippen LogP contribution in [0.5, 0.6) is 0 Å². The smallest absolute Gasteiger partial charge is 0.253 e. The van der Waals surface area contributed by atoms with Crippen molar-refractivity contribution in [2.24, 2.45) is 0 Å². The second-order valence-electron chi connectivity index (χ2n) is 7.01. The molecule has 1 aromatic rings. The van der Waals surface area contributed by atoms with Gasteiger partial charge in [-0.1, -0.05) is 52.5 Å². The molecule has 0 bridgehead atoms. The first-order chi connectivity index (χ1) is 13.1. The topological polar surface area (TPSA) is 61.4 Å². The quantitative estimate of drug-likeness (QED) is 0.472. The Kier molecular flexibility index (Phi) is 12.2. The number of hydrogen-bond acceptors (Lipinski definition) is 3. The Morgan fingerprint density at radius 1 is 0.926 bits per heavy atom. The highest BCUT2D eigenvalue weighted by molar-refractivity contribution is 5.97. The molecular formula is C22H37N3O2. The van der Waals surface area contributed by atoms with E-state index < -0.39 is 0 Å². The lowest BCUT2D eigenvalue weighted by Crippen LogP contribution is -2.32.